The molecular weight excluding hydrogens is 274 g/mol. The van der Waals surface area contributed by atoms with E-state index in [0.29, 0.717) is 13.0 Å². The van der Waals surface area contributed by atoms with Gasteiger partial charge in [-0.1, -0.05) is 0 Å². The van der Waals surface area contributed by atoms with Crippen LogP contribution in [0.5, 0.6) is 0 Å². The first kappa shape index (κ1) is 15.5. The van der Waals surface area contributed by atoms with Crippen molar-refractivity contribution >= 4 is 11.9 Å². The Balaban J connectivity index is 2.08. The van der Waals surface area contributed by atoms with E-state index in [2.05, 4.69) is 5.10 Å². The third kappa shape index (κ3) is 3.60. The lowest BCUT2D eigenvalue weighted by atomic mass is 10.1. The van der Waals surface area contributed by atoms with Crippen molar-refractivity contribution < 1.29 is 19.4 Å². The second kappa shape index (κ2) is 6.26. The predicted octanol–water partition coefficient (Wildman–Crippen LogP) is 0.591. The van der Waals surface area contributed by atoms with E-state index >= 15 is 0 Å². The van der Waals surface area contributed by atoms with Crippen LogP contribution in [-0.2, 0) is 20.9 Å². The average Bonchev–Trinajstić information content (AvgIpc) is 2.92. The SMILES string of the molecule is COC1CC(CC(=O)O)N(C(=O)Cn2nc(C)cc2C)C1. The first-order valence-electron chi connectivity index (χ1n) is 6.95. The van der Waals surface area contributed by atoms with Gasteiger partial charge in [0, 0.05) is 25.4 Å². The smallest absolute Gasteiger partial charge is 0.305 e. The van der Waals surface area contributed by atoms with Gasteiger partial charge in [-0.3, -0.25) is 14.3 Å². The highest BCUT2D eigenvalue weighted by Crippen LogP contribution is 2.23. The van der Waals surface area contributed by atoms with E-state index in [-0.39, 0.29) is 31.0 Å². The number of aryl methyl sites for hydroxylation is 2. The molecule has 1 aliphatic heterocycles. The van der Waals surface area contributed by atoms with E-state index in [4.69, 9.17) is 9.84 Å². The predicted molar refractivity (Wildman–Crippen MR) is 74.9 cm³/mol. The molecule has 0 aromatic carbocycles. The number of carbonyl (C=O) groups excluding carboxylic acids is 1. The summed E-state index contributed by atoms with van der Waals surface area (Å²) in [7, 11) is 1.58. The summed E-state index contributed by atoms with van der Waals surface area (Å²) >= 11 is 0. The fourth-order valence-electron chi connectivity index (χ4n) is 2.80. The Kier molecular flexibility index (Phi) is 4.62. The molecule has 2 heterocycles. The van der Waals surface area contributed by atoms with Crippen LogP contribution in [0.2, 0.25) is 0 Å². The number of methoxy groups -OCH3 is 1. The molecule has 1 N–H and O–H groups in total. The Hall–Kier alpha value is -1.89. The van der Waals surface area contributed by atoms with Crippen molar-refractivity contribution in [2.45, 2.75) is 45.4 Å². The molecule has 7 nitrogen and oxygen atoms in total. The normalized spacial score (nSPS) is 21.8. The highest BCUT2D eigenvalue weighted by molar-refractivity contribution is 5.78. The van der Waals surface area contributed by atoms with E-state index < -0.39 is 5.97 Å². The molecule has 1 aromatic rings. The van der Waals surface area contributed by atoms with Gasteiger partial charge < -0.3 is 14.7 Å². The number of hydrogen-bond acceptors (Lipinski definition) is 4. The molecule has 2 atom stereocenters. The van der Waals surface area contributed by atoms with Crippen LogP contribution in [0.25, 0.3) is 0 Å². The van der Waals surface area contributed by atoms with Gasteiger partial charge in [-0.2, -0.15) is 5.10 Å². The molecule has 21 heavy (non-hydrogen) atoms. The van der Waals surface area contributed by atoms with Crippen molar-refractivity contribution in [2.75, 3.05) is 13.7 Å². The average molecular weight is 295 g/mol. The Morgan fingerprint density at radius 1 is 1.48 bits per heavy atom. The fraction of sp³-hybridized carbons (Fsp3) is 0.643. The molecule has 1 amide bonds. The summed E-state index contributed by atoms with van der Waals surface area (Å²) < 4.78 is 6.92. The second-order valence-electron chi connectivity index (χ2n) is 5.48. The van der Waals surface area contributed by atoms with Crippen molar-refractivity contribution in [1.82, 2.24) is 14.7 Å². The summed E-state index contributed by atoms with van der Waals surface area (Å²) in [4.78, 5) is 25.0. The van der Waals surface area contributed by atoms with E-state index in [1.807, 2.05) is 19.9 Å². The van der Waals surface area contributed by atoms with Crippen molar-refractivity contribution in [3.05, 3.63) is 17.5 Å². The maximum atomic E-state index is 12.4. The van der Waals surface area contributed by atoms with Crippen LogP contribution in [-0.4, -0.2) is 57.5 Å². The van der Waals surface area contributed by atoms with Crippen molar-refractivity contribution in [3.8, 4) is 0 Å². The number of ether oxygens (including phenoxy) is 1. The Morgan fingerprint density at radius 2 is 2.19 bits per heavy atom. The molecule has 1 aromatic heterocycles. The molecule has 0 bridgehead atoms. The fourth-order valence-corrected chi connectivity index (χ4v) is 2.80. The molecular formula is C14H21N3O4. The van der Waals surface area contributed by atoms with Crippen LogP contribution in [0.3, 0.4) is 0 Å². The monoisotopic (exact) mass is 295 g/mol. The van der Waals surface area contributed by atoms with Crippen LogP contribution < -0.4 is 0 Å². The number of carboxylic acids is 1. The number of rotatable bonds is 5. The van der Waals surface area contributed by atoms with Crippen LogP contribution >= 0.6 is 0 Å². The topological polar surface area (TPSA) is 84.7 Å². The molecule has 7 heteroatoms. The summed E-state index contributed by atoms with van der Waals surface area (Å²) in [6.45, 7) is 4.33. The summed E-state index contributed by atoms with van der Waals surface area (Å²) in [5.74, 6) is -1.02. The van der Waals surface area contributed by atoms with Gasteiger partial charge in [-0.05, 0) is 26.3 Å². The summed E-state index contributed by atoms with van der Waals surface area (Å²) in [6.07, 6.45) is 0.410. The molecule has 1 aliphatic rings. The lowest BCUT2D eigenvalue weighted by molar-refractivity contribution is -0.140. The number of hydrogen-bond donors (Lipinski definition) is 1. The van der Waals surface area contributed by atoms with Crippen molar-refractivity contribution in [3.63, 3.8) is 0 Å². The molecule has 0 aliphatic carbocycles. The molecule has 116 valence electrons. The minimum atomic E-state index is -0.902. The van der Waals surface area contributed by atoms with Crippen LogP contribution in [0, 0.1) is 13.8 Å². The summed E-state index contributed by atoms with van der Waals surface area (Å²) in [6, 6.07) is 1.60. The molecule has 1 fully saturated rings. The molecule has 2 unspecified atom stereocenters. The number of aromatic nitrogens is 2. The van der Waals surface area contributed by atoms with E-state index in [9.17, 15) is 9.59 Å². The minimum absolute atomic E-state index is 0.0529. The van der Waals surface area contributed by atoms with E-state index in [1.165, 1.54) is 0 Å². The number of likely N-dealkylation sites (tertiary alicyclic amines) is 1. The third-order valence-corrected chi connectivity index (χ3v) is 3.83. The van der Waals surface area contributed by atoms with Gasteiger partial charge in [0.2, 0.25) is 5.91 Å². The van der Waals surface area contributed by atoms with Gasteiger partial charge in [0.25, 0.3) is 0 Å². The second-order valence-corrected chi connectivity index (χ2v) is 5.48. The highest BCUT2D eigenvalue weighted by atomic mass is 16.5. The molecule has 0 spiro atoms. The lowest BCUT2D eigenvalue weighted by Crippen LogP contribution is -2.39. The number of aliphatic carboxylic acids is 1. The van der Waals surface area contributed by atoms with E-state index in [1.54, 1.807) is 16.7 Å². The quantitative estimate of drug-likeness (QED) is 0.859. The molecule has 0 saturated carbocycles. The molecule has 1 saturated heterocycles. The first-order chi connectivity index (χ1) is 9.90. The standard InChI is InChI=1S/C14H21N3O4/c1-9-4-10(2)17(15-9)8-13(18)16-7-12(21-3)5-11(16)6-14(19)20/h4,11-12H,5-8H2,1-3H3,(H,19,20). The van der Waals surface area contributed by atoms with Crippen LogP contribution in [0.4, 0.5) is 0 Å². The maximum absolute atomic E-state index is 12.4. The zero-order chi connectivity index (χ0) is 15.6. The number of carbonyl (C=O) groups is 2. The Labute approximate surface area is 123 Å². The summed E-state index contributed by atoms with van der Waals surface area (Å²) in [5.41, 5.74) is 1.77. The Morgan fingerprint density at radius 3 is 2.71 bits per heavy atom. The zero-order valence-electron chi connectivity index (χ0n) is 12.6. The van der Waals surface area contributed by atoms with E-state index in [0.717, 1.165) is 11.4 Å². The van der Waals surface area contributed by atoms with Gasteiger partial charge in [-0.25, -0.2) is 0 Å². The van der Waals surface area contributed by atoms with Crippen molar-refractivity contribution in [1.29, 1.82) is 0 Å². The van der Waals surface area contributed by atoms with Crippen LogP contribution in [0.15, 0.2) is 6.07 Å². The van der Waals surface area contributed by atoms with Gasteiger partial charge in [0.1, 0.15) is 6.54 Å². The van der Waals surface area contributed by atoms with Gasteiger partial charge in [0.05, 0.1) is 18.2 Å². The lowest BCUT2D eigenvalue weighted by Gasteiger charge is -2.23. The van der Waals surface area contributed by atoms with Crippen LogP contribution in [0.1, 0.15) is 24.2 Å². The molecule has 0 radical (unpaired) electrons. The Bertz CT molecular complexity index is 540. The first-order valence-corrected chi connectivity index (χ1v) is 6.95. The van der Waals surface area contributed by atoms with Gasteiger partial charge >= 0.3 is 5.97 Å². The van der Waals surface area contributed by atoms with Gasteiger partial charge in [0.15, 0.2) is 0 Å². The summed E-state index contributed by atoms with van der Waals surface area (Å²) in [5, 5.41) is 13.2. The molecule has 2 rings (SSSR count). The number of carboxylic acid groups (broad SMARTS) is 1. The number of amides is 1. The maximum Gasteiger partial charge on any atom is 0.305 e. The zero-order valence-corrected chi connectivity index (χ0v) is 12.6. The van der Waals surface area contributed by atoms with Gasteiger partial charge in [-0.15, -0.1) is 0 Å². The number of nitrogens with zero attached hydrogens (tertiary/aromatic N) is 3. The van der Waals surface area contributed by atoms with Crippen molar-refractivity contribution in [2.24, 2.45) is 0 Å². The third-order valence-electron chi connectivity index (χ3n) is 3.83. The highest BCUT2D eigenvalue weighted by Gasteiger charge is 2.36. The minimum Gasteiger partial charge on any atom is -0.481 e. The largest absolute Gasteiger partial charge is 0.481 e.